The number of likely N-dealkylation sites (tertiary alicyclic amines) is 2. The summed E-state index contributed by atoms with van der Waals surface area (Å²) in [6.07, 6.45) is 8.16. The zero-order valence-corrected chi connectivity index (χ0v) is 28.5. The summed E-state index contributed by atoms with van der Waals surface area (Å²) in [5.41, 5.74) is -0.825. The summed E-state index contributed by atoms with van der Waals surface area (Å²) in [6.45, 7) is 15.0. The lowest BCUT2D eigenvalue weighted by Crippen LogP contribution is -2.41. The molecular formula is C33H51BrFN3O5. The molecule has 10 heteroatoms. The van der Waals surface area contributed by atoms with Gasteiger partial charge in [0.05, 0.1) is 12.2 Å². The maximum absolute atomic E-state index is 13.5. The van der Waals surface area contributed by atoms with Gasteiger partial charge in [-0.3, -0.25) is 0 Å². The zero-order chi connectivity index (χ0) is 32.0. The highest BCUT2D eigenvalue weighted by molar-refractivity contribution is 9.09. The molecular weight excluding hydrogens is 617 g/mol. The number of rotatable bonds is 8. The molecule has 3 rings (SSSR count). The van der Waals surface area contributed by atoms with Crippen LogP contribution in [0.3, 0.4) is 0 Å². The first-order chi connectivity index (χ1) is 20.2. The third-order valence-electron chi connectivity index (χ3n) is 7.36. The fraction of sp³-hybridized carbons (Fsp3) is 0.727. The molecule has 2 aliphatic heterocycles. The average molecular weight is 669 g/mol. The van der Waals surface area contributed by atoms with Gasteiger partial charge in [-0.25, -0.2) is 14.0 Å². The van der Waals surface area contributed by atoms with Crippen molar-refractivity contribution >= 4 is 28.1 Å². The van der Waals surface area contributed by atoms with Crippen LogP contribution >= 0.6 is 15.9 Å². The lowest BCUT2D eigenvalue weighted by atomic mass is 9.92. The molecule has 1 aromatic rings. The maximum Gasteiger partial charge on any atom is 0.410 e. The van der Waals surface area contributed by atoms with Crippen LogP contribution in [0, 0.1) is 29.0 Å². The van der Waals surface area contributed by atoms with Crippen LogP contribution in [-0.2, 0) is 9.47 Å². The maximum atomic E-state index is 13.5. The first-order valence-corrected chi connectivity index (χ1v) is 16.7. The van der Waals surface area contributed by atoms with E-state index in [-0.39, 0.29) is 23.4 Å². The number of piperidine rings is 2. The quantitative estimate of drug-likeness (QED) is 0.204. The van der Waals surface area contributed by atoms with Crippen molar-refractivity contribution in [1.82, 2.24) is 9.80 Å². The molecule has 0 bridgehead atoms. The van der Waals surface area contributed by atoms with E-state index in [9.17, 15) is 14.0 Å². The molecule has 242 valence electrons. The minimum atomic E-state index is -0.556. The van der Waals surface area contributed by atoms with E-state index < -0.39 is 11.4 Å². The summed E-state index contributed by atoms with van der Waals surface area (Å²) < 4.78 is 29.8. The van der Waals surface area contributed by atoms with Crippen LogP contribution in [0.2, 0.25) is 0 Å². The van der Waals surface area contributed by atoms with E-state index in [1.165, 1.54) is 25.0 Å². The smallest absolute Gasteiger partial charge is 0.410 e. The van der Waals surface area contributed by atoms with E-state index in [2.05, 4.69) is 15.9 Å². The van der Waals surface area contributed by atoms with Gasteiger partial charge in [0.2, 0.25) is 0 Å². The first kappa shape index (κ1) is 36.7. The van der Waals surface area contributed by atoms with Gasteiger partial charge in [-0.2, -0.15) is 5.26 Å². The summed E-state index contributed by atoms with van der Waals surface area (Å²) >= 11 is 3.46. The molecule has 8 nitrogen and oxygen atoms in total. The number of benzene rings is 1. The van der Waals surface area contributed by atoms with Crippen LogP contribution in [0.1, 0.15) is 98.5 Å². The number of halogens is 2. The number of carbonyl (C=O) groups is 2. The molecule has 2 saturated heterocycles. The van der Waals surface area contributed by atoms with E-state index in [1.807, 2.05) is 46.4 Å². The van der Waals surface area contributed by atoms with Crippen LogP contribution in [0.4, 0.5) is 14.0 Å². The number of hydrogen-bond acceptors (Lipinski definition) is 6. The number of nitrogens with zero attached hydrogens (tertiary/aromatic N) is 3. The Bertz CT molecular complexity index is 1050. The van der Waals surface area contributed by atoms with Crippen molar-refractivity contribution in [2.75, 3.05) is 38.1 Å². The van der Waals surface area contributed by atoms with Gasteiger partial charge < -0.3 is 24.0 Å². The number of hydrogen-bond donors (Lipinski definition) is 0. The predicted octanol–water partition coefficient (Wildman–Crippen LogP) is 8.31. The topological polar surface area (TPSA) is 92.1 Å². The average Bonchev–Trinajstić information content (AvgIpc) is 2.93. The highest BCUT2D eigenvalue weighted by Gasteiger charge is 2.27. The second-order valence-corrected chi connectivity index (χ2v) is 14.2. The van der Waals surface area contributed by atoms with Gasteiger partial charge in [0.15, 0.2) is 0 Å². The van der Waals surface area contributed by atoms with Crippen LogP contribution in [-0.4, -0.2) is 71.3 Å². The van der Waals surface area contributed by atoms with Gasteiger partial charge in [-0.15, -0.1) is 0 Å². The zero-order valence-electron chi connectivity index (χ0n) is 26.9. The van der Waals surface area contributed by atoms with Crippen molar-refractivity contribution in [1.29, 1.82) is 5.26 Å². The molecule has 2 fully saturated rings. The number of alkyl halides is 1. The molecule has 0 saturated carbocycles. The second-order valence-electron chi connectivity index (χ2n) is 13.4. The fourth-order valence-corrected chi connectivity index (χ4v) is 5.39. The molecule has 0 aliphatic carbocycles. The van der Waals surface area contributed by atoms with E-state index in [1.54, 1.807) is 17.0 Å². The molecule has 2 heterocycles. The van der Waals surface area contributed by atoms with Gasteiger partial charge in [0.25, 0.3) is 0 Å². The Morgan fingerprint density at radius 1 is 0.884 bits per heavy atom. The second kappa shape index (κ2) is 17.7. The van der Waals surface area contributed by atoms with Crippen molar-refractivity contribution < 1.29 is 28.2 Å². The third-order valence-corrected chi connectivity index (χ3v) is 7.93. The molecule has 43 heavy (non-hydrogen) atoms. The fourth-order valence-electron chi connectivity index (χ4n) is 5.07. The molecule has 0 atom stereocenters. The van der Waals surface area contributed by atoms with Crippen molar-refractivity contribution in [3.63, 3.8) is 0 Å². The van der Waals surface area contributed by atoms with E-state index in [4.69, 9.17) is 19.5 Å². The lowest BCUT2D eigenvalue weighted by Gasteiger charge is -2.33. The minimum absolute atomic E-state index is 0.0223. The number of carbonyl (C=O) groups excluding carboxylic acids is 2. The summed E-state index contributed by atoms with van der Waals surface area (Å²) in [4.78, 5) is 27.5. The molecule has 0 unspecified atom stereocenters. The summed E-state index contributed by atoms with van der Waals surface area (Å²) in [7, 11) is 0. The van der Waals surface area contributed by atoms with Crippen molar-refractivity contribution in [3.8, 4) is 11.8 Å². The van der Waals surface area contributed by atoms with Crippen molar-refractivity contribution in [2.45, 2.75) is 104 Å². The molecule has 0 spiro atoms. The summed E-state index contributed by atoms with van der Waals surface area (Å²) in [5, 5.41) is 9.80. The van der Waals surface area contributed by atoms with Gasteiger partial charge in [0, 0.05) is 37.6 Å². The Morgan fingerprint density at radius 3 is 1.74 bits per heavy atom. The molecule has 0 aromatic heterocycles. The van der Waals surface area contributed by atoms with Crippen LogP contribution in [0.5, 0.6) is 5.75 Å². The van der Waals surface area contributed by atoms with Gasteiger partial charge in [0.1, 0.15) is 28.8 Å². The predicted molar refractivity (Wildman–Crippen MR) is 170 cm³/mol. The standard InChI is InChI=1S/C20H27FN2O3.C13H24BrNO2/c1-20(2,3)26-19(24)23-10-8-15(9-11-23)5-4-12-25-17-7-6-16(14-22)18(21)13-17;1-13(2,3)17-12(16)15-9-6-11(7-10-15)5-4-8-14/h6-7,13,15H,4-5,8-12H2,1-3H3;11H,4-10H2,1-3H3. The lowest BCUT2D eigenvalue weighted by molar-refractivity contribution is 0.0170. The number of nitriles is 1. The molecule has 0 radical (unpaired) electrons. The molecule has 2 amide bonds. The Kier molecular flexibility index (Phi) is 15.1. The van der Waals surface area contributed by atoms with E-state index in [0.717, 1.165) is 76.0 Å². The molecule has 0 N–H and O–H groups in total. The Labute approximate surface area is 266 Å². The van der Waals surface area contributed by atoms with Crippen molar-refractivity contribution in [2.24, 2.45) is 11.8 Å². The van der Waals surface area contributed by atoms with Gasteiger partial charge >= 0.3 is 12.2 Å². The van der Waals surface area contributed by atoms with E-state index >= 15 is 0 Å². The van der Waals surface area contributed by atoms with Crippen LogP contribution < -0.4 is 4.74 Å². The summed E-state index contributed by atoms with van der Waals surface area (Å²) in [5.74, 6) is 1.24. The van der Waals surface area contributed by atoms with Gasteiger partial charge in [-0.05, 0) is 117 Å². The van der Waals surface area contributed by atoms with Crippen LogP contribution in [0.25, 0.3) is 0 Å². The van der Waals surface area contributed by atoms with Gasteiger partial charge in [-0.1, -0.05) is 15.9 Å². The molecule has 1 aromatic carbocycles. The minimum Gasteiger partial charge on any atom is -0.493 e. The molecule has 2 aliphatic rings. The Hall–Kier alpha value is -2.54. The van der Waals surface area contributed by atoms with E-state index in [0.29, 0.717) is 18.3 Å². The normalized spacial score (nSPS) is 16.5. The highest BCUT2D eigenvalue weighted by atomic mass is 79.9. The Morgan fingerprint density at radius 2 is 1.35 bits per heavy atom. The Balaban J connectivity index is 0.000000329. The monoisotopic (exact) mass is 667 g/mol. The van der Waals surface area contributed by atoms with Crippen molar-refractivity contribution in [3.05, 3.63) is 29.6 Å². The number of amides is 2. The SMILES string of the molecule is CC(C)(C)OC(=O)N1CCC(CCCBr)CC1.CC(C)(C)OC(=O)N1CCC(CCCOc2ccc(C#N)c(F)c2)CC1. The highest BCUT2D eigenvalue weighted by Crippen LogP contribution is 2.25. The van der Waals surface area contributed by atoms with Crippen LogP contribution in [0.15, 0.2) is 18.2 Å². The third kappa shape index (κ3) is 14.7. The first-order valence-electron chi connectivity index (χ1n) is 15.5. The summed E-state index contributed by atoms with van der Waals surface area (Å²) in [6, 6.07) is 6.08. The largest absolute Gasteiger partial charge is 0.493 e. The number of ether oxygens (including phenoxy) is 3.